The first kappa shape index (κ1) is 24.1. The summed E-state index contributed by atoms with van der Waals surface area (Å²) in [4.78, 5) is 18.5. The Labute approximate surface area is 183 Å². The van der Waals surface area contributed by atoms with Crippen molar-refractivity contribution in [2.75, 3.05) is 26.3 Å². The summed E-state index contributed by atoms with van der Waals surface area (Å²) in [7, 11) is 0. The maximum Gasteiger partial charge on any atom is 0.354 e. The molecule has 2 aromatic heterocycles. The Morgan fingerprint density at radius 1 is 1.10 bits per heavy atom. The third-order valence-corrected chi connectivity index (χ3v) is 5.24. The normalized spacial score (nSPS) is 17.2. The van der Waals surface area contributed by atoms with E-state index in [1.807, 2.05) is 12.3 Å². The summed E-state index contributed by atoms with van der Waals surface area (Å²) in [5, 5.41) is 11.9. The lowest BCUT2D eigenvalue weighted by Gasteiger charge is -2.27. The van der Waals surface area contributed by atoms with E-state index in [2.05, 4.69) is 21.4 Å². The van der Waals surface area contributed by atoms with Gasteiger partial charge in [-0.1, -0.05) is 12.1 Å². The summed E-state index contributed by atoms with van der Waals surface area (Å²) in [6.07, 6.45) is 7.92. The fraction of sp³-hybridized carbons (Fsp3) is 0.500. The molecule has 30 heavy (non-hydrogen) atoms. The van der Waals surface area contributed by atoms with Gasteiger partial charge in [0.1, 0.15) is 6.10 Å². The number of aromatic nitrogens is 2. The number of halogens is 1. The van der Waals surface area contributed by atoms with Crippen LogP contribution in [0, 0.1) is 6.92 Å². The van der Waals surface area contributed by atoms with Gasteiger partial charge in [0.25, 0.3) is 0 Å². The lowest BCUT2D eigenvalue weighted by atomic mass is 9.92. The maximum absolute atomic E-state index is 10.4. The monoisotopic (exact) mass is 435 g/mol. The van der Waals surface area contributed by atoms with Crippen LogP contribution in [-0.4, -0.2) is 53.5 Å². The Balaban J connectivity index is 0.000000249. The van der Waals surface area contributed by atoms with Crippen molar-refractivity contribution in [3.63, 3.8) is 0 Å². The second-order valence-corrected chi connectivity index (χ2v) is 7.33. The van der Waals surface area contributed by atoms with Gasteiger partial charge in [-0.15, -0.1) is 12.4 Å². The topological polar surface area (TPSA) is 93.6 Å². The fourth-order valence-electron chi connectivity index (χ4n) is 3.60. The summed E-state index contributed by atoms with van der Waals surface area (Å²) >= 11 is 0. The number of aryl methyl sites for hydroxylation is 1. The number of nitrogens with one attached hydrogen (secondary N) is 1. The van der Waals surface area contributed by atoms with Crippen LogP contribution in [0.5, 0.6) is 5.88 Å². The standard InChI is InChI=1S/C15H22N2O2.C7H7NO2.ClH/c1-2-14(12-5-10-18-11-6-12)15(17-7-1)19-13-3-8-16-9-4-13;1-5-3-2-4-8-6(5)7(9)10;/h1-2,7,12-13,16H,3-6,8-11H2;2-4H,1H3,(H,9,10);1H. The number of hydrogen-bond donors (Lipinski definition) is 2. The summed E-state index contributed by atoms with van der Waals surface area (Å²) in [5.41, 5.74) is 2.09. The van der Waals surface area contributed by atoms with Gasteiger partial charge in [0, 0.05) is 31.2 Å². The van der Waals surface area contributed by atoms with Gasteiger partial charge in [0.15, 0.2) is 5.69 Å². The second-order valence-electron chi connectivity index (χ2n) is 7.33. The van der Waals surface area contributed by atoms with E-state index in [4.69, 9.17) is 14.6 Å². The van der Waals surface area contributed by atoms with Crippen molar-refractivity contribution in [1.82, 2.24) is 15.3 Å². The first-order chi connectivity index (χ1) is 14.1. The number of aromatic carboxylic acids is 1. The minimum Gasteiger partial charge on any atom is -0.477 e. The van der Waals surface area contributed by atoms with Gasteiger partial charge in [0.05, 0.1) is 0 Å². The van der Waals surface area contributed by atoms with E-state index in [0.717, 1.165) is 57.9 Å². The van der Waals surface area contributed by atoms with Crippen LogP contribution in [0.1, 0.15) is 53.2 Å². The molecule has 0 aliphatic carbocycles. The predicted octanol–water partition coefficient (Wildman–Crippen LogP) is 3.62. The van der Waals surface area contributed by atoms with Gasteiger partial charge in [-0.05, 0) is 69.3 Å². The van der Waals surface area contributed by atoms with Gasteiger partial charge in [-0.3, -0.25) is 0 Å². The molecule has 8 heteroatoms. The predicted molar refractivity (Wildman–Crippen MR) is 117 cm³/mol. The Kier molecular flexibility index (Phi) is 10.00. The van der Waals surface area contributed by atoms with Crippen molar-refractivity contribution < 1.29 is 19.4 Å². The number of pyridine rings is 2. The number of ether oxygens (including phenoxy) is 2. The molecule has 0 amide bonds. The van der Waals surface area contributed by atoms with E-state index in [9.17, 15) is 4.79 Å². The van der Waals surface area contributed by atoms with E-state index in [1.54, 1.807) is 19.1 Å². The number of nitrogens with zero attached hydrogens (tertiary/aromatic N) is 2. The van der Waals surface area contributed by atoms with E-state index >= 15 is 0 Å². The molecule has 0 bridgehead atoms. The van der Waals surface area contributed by atoms with Gasteiger partial charge in [-0.2, -0.15) is 0 Å². The van der Waals surface area contributed by atoms with E-state index in [1.165, 1.54) is 11.8 Å². The smallest absolute Gasteiger partial charge is 0.354 e. The summed E-state index contributed by atoms with van der Waals surface area (Å²) < 4.78 is 11.6. The molecule has 4 heterocycles. The number of rotatable bonds is 4. The van der Waals surface area contributed by atoms with Crippen molar-refractivity contribution in [2.45, 2.75) is 44.6 Å². The molecule has 0 radical (unpaired) electrons. The molecule has 2 N–H and O–H groups in total. The zero-order chi connectivity index (χ0) is 20.5. The molecule has 0 atom stereocenters. The molecule has 7 nitrogen and oxygen atoms in total. The van der Waals surface area contributed by atoms with Crippen molar-refractivity contribution in [2.24, 2.45) is 0 Å². The Morgan fingerprint density at radius 3 is 2.40 bits per heavy atom. The first-order valence-electron chi connectivity index (χ1n) is 10.2. The molecule has 164 valence electrons. The Hall–Kier alpha value is -2.22. The zero-order valence-electron chi connectivity index (χ0n) is 17.3. The lowest BCUT2D eigenvalue weighted by Crippen LogP contribution is -2.34. The Morgan fingerprint density at radius 2 is 1.77 bits per heavy atom. The summed E-state index contributed by atoms with van der Waals surface area (Å²) in [5.74, 6) is 0.415. The van der Waals surface area contributed by atoms with Crippen LogP contribution in [0.2, 0.25) is 0 Å². The highest BCUT2D eigenvalue weighted by Crippen LogP contribution is 2.33. The molecular weight excluding hydrogens is 406 g/mol. The molecule has 2 aliphatic rings. The van der Waals surface area contributed by atoms with Crippen LogP contribution < -0.4 is 10.1 Å². The number of carbonyl (C=O) groups is 1. The molecule has 0 aromatic carbocycles. The number of hydrogen-bond acceptors (Lipinski definition) is 6. The minimum atomic E-state index is -0.974. The lowest BCUT2D eigenvalue weighted by molar-refractivity contribution is 0.0689. The SMILES string of the molecule is Cc1cccnc1C(=O)O.Cl.c1cnc(OC2CCNCC2)c(C2CCOCC2)c1. The van der Waals surface area contributed by atoms with Gasteiger partial charge in [0.2, 0.25) is 5.88 Å². The third kappa shape index (κ3) is 6.93. The molecular formula is C22H30ClN3O4. The highest BCUT2D eigenvalue weighted by Gasteiger charge is 2.22. The number of carboxylic acid groups (broad SMARTS) is 1. The molecule has 4 rings (SSSR count). The zero-order valence-corrected chi connectivity index (χ0v) is 18.1. The minimum absolute atomic E-state index is 0. The van der Waals surface area contributed by atoms with Crippen molar-refractivity contribution in [3.05, 3.63) is 53.5 Å². The van der Waals surface area contributed by atoms with Crippen molar-refractivity contribution in [3.8, 4) is 5.88 Å². The third-order valence-electron chi connectivity index (χ3n) is 5.24. The first-order valence-corrected chi connectivity index (χ1v) is 10.2. The Bertz CT molecular complexity index is 793. The average molecular weight is 436 g/mol. The maximum atomic E-state index is 10.4. The van der Waals surface area contributed by atoms with Crippen molar-refractivity contribution in [1.29, 1.82) is 0 Å². The molecule has 0 spiro atoms. The molecule has 2 aliphatic heterocycles. The average Bonchev–Trinajstić information content (AvgIpc) is 2.76. The molecule has 2 fully saturated rings. The van der Waals surface area contributed by atoms with Crippen molar-refractivity contribution >= 4 is 18.4 Å². The van der Waals surface area contributed by atoms with Crippen LogP contribution >= 0.6 is 12.4 Å². The van der Waals surface area contributed by atoms with E-state index < -0.39 is 5.97 Å². The van der Waals surface area contributed by atoms with Crippen LogP contribution in [0.4, 0.5) is 0 Å². The number of carboxylic acids is 1. The number of piperidine rings is 1. The second kappa shape index (κ2) is 12.5. The van der Waals surface area contributed by atoms with E-state index in [-0.39, 0.29) is 18.1 Å². The largest absolute Gasteiger partial charge is 0.477 e. The van der Waals surface area contributed by atoms with Gasteiger partial charge in [-0.25, -0.2) is 14.8 Å². The summed E-state index contributed by atoms with van der Waals surface area (Å²) in [6.45, 7) is 5.52. The van der Waals surface area contributed by atoms with Crippen LogP contribution in [0.15, 0.2) is 36.7 Å². The fourth-order valence-corrected chi connectivity index (χ4v) is 3.60. The highest BCUT2D eigenvalue weighted by atomic mass is 35.5. The molecule has 2 saturated heterocycles. The summed E-state index contributed by atoms with van der Waals surface area (Å²) in [6, 6.07) is 7.61. The highest BCUT2D eigenvalue weighted by molar-refractivity contribution is 5.86. The van der Waals surface area contributed by atoms with Gasteiger partial charge < -0.3 is 19.9 Å². The van der Waals surface area contributed by atoms with Crippen LogP contribution in [-0.2, 0) is 4.74 Å². The van der Waals surface area contributed by atoms with E-state index in [0.29, 0.717) is 17.6 Å². The molecule has 0 unspecified atom stereocenters. The van der Waals surface area contributed by atoms with Crippen LogP contribution in [0.3, 0.4) is 0 Å². The van der Waals surface area contributed by atoms with Gasteiger partial charge >= 0.3 is 5.97 Å². The molecule has 0 saturated carbocycles. The van der Waals surface area contributed by atoms with Crippen LogP contribution in [0.25, 0.3) is 0 Å². The molecule has 2 aromatic rings. The quantitative estimate of drug-likeness (QED) is 0.757.